The van der Waals surface area contributed by atoms with Crippen LogP contribution in [-0.2, 0) is 17.9 Å². The molecule has 0 unspecified atom stereocenters. The van der Waals surface area contributed by atoms with E-state index in [-0.39, 0.29) is 29.9 Å². The van der Waals surface area contributed by atoms with Crippen LogP contribution in [0, 0.1) is 0 Å². The minimum absolute atomic E-state index is 0. The van der Waals surface area contributed by atoms with Gasteiger partial charge in [-0.3, -0.25) is 4.79 Å². The molecule has 0 saturated carbocycles. The number of nitrogens with one attached hydrogen (secondary N) is 2. The number of aliphatic imine (C=N–C) groups is 1. The average Bonchev–Trinajstić information content (AvgIpc) is 3.19. The Kier molecular flexibility index (Phi) is 11.1. The fourth-order valence-electron chi connectivity index (χ4n) is 3.32. The lowest BCUT2D eigenvalue weighted by Crippen LogP contribution is -2.39. The lowest BCUT2D eigenvalue weighted by Gasteiger charge is -2.16. The molecule has 2 N–H and O–H groups in total. The maximum atomic E-state index is 11.7. The monoisotopic (exact) mass is 537 g/mol. The third-order valence-corrected chi connectivity index (χ3v) is 4.89. The Labute approximate surface area is 201 Å². The molecule has 0 aliphatic carbocycles. The number of rotatable bonds is 10. The predicted molar refractivity (Wildman–Crippen MR) is 134 cm³/mol. The van der Waals surface area contributed by atoms with Crippen LogP contribution in [0.3, 0.4) is 0 Å². The number of ether oxygens (including phenoxy) is 1. The lowest BCUT2D eigenvalue weighted by atomic mass is 10.2. The highest BCUT2D eigenvalue weighted by atomic mass is 127. The number of nitrogens with zero attached hydrogens (tertiary/aromatic N) is 3. The number of amides is 1. The van der Waals surface area contributed by atoms with Crippen LogP contribution in [0.5, 0.6) is 5.88 Å². The van der Waals surface area contributed by atoms with Crippen LogP contribution >= 0.6 is 24.0 Å². The molecule has 0 radical (unpaired) electrons. The number of aromatic nitrogens is 1. The Morgan fingerprint density at radius 2 is 2.03 bits per heavy atom. The summed E-state index contributed by atoms with van der Waals surface area (Å²) in [6.07, 6.45) is 4.30. The Bertz CT molecular complexity index is 832. The summed E-state index contributed by atoms with van der Waals surface area (Å²) in [5.74, 6) is 1.63. The zero-order valence-corrected chi connectivity index (χ0v) is 20.4. The zero-order valence-electron chi connectivity index (χ0n) is 18.0. The van der Waals surface area contributed by atoms with Gasteiger partial charge in [0, 0.05) is 44.4 Å². The van der Waals surface area contributed by atoms with Crippen LogP contribution in [0.2, 0.25) is 0 Å². The van der Waals surface area contributed by atoms with Gasteiger partial charge in [0.25, 0.3) is 0 Å². The highest BCUT2D eigenvalue weighted by Gasteiger charge is 2.18. The molecule has 0 spiro atoms. The van der Waals surface area contributed by atoms with E-state index >= 15 is 0 Å². The molecular weight excluding hydrogens is 505 g/mol. The van der Waals surface area contributed by atoms with E-state index in [0.717, 1.165) is 56.1 Å². The molecule has 31 heavy (non-hydrogen) atoms. The summed E-state index contributed by atoms with van der Waals surface area (Å²) in [5, 5.41) is 6.61. The van der Waals surface area contributed by atoms with Crippen molar-refractivity contribution in [1.82, 2.24) is 20.5 Å². The number of hydrogen-bond acceptors (Lipinski definition) is 4. The SMILES string of the molecule is CCNC(=NCc1cccnc1OCc1ccccc1)NCCCN1CCCC1=O.I. The zero-order chi connectivity index (χ0) is 21.0. The van der Waals surface area contributed by atoms with Gasteiger partial charge >= 0.3 is 0 Å². The van der Waals surface area contributed by atoms with Gasteiger partial charge in [-0.2, -0.15) is 0 Å². The molecule has 0 bridgehead atoms. The normalized spacial score (nSPS) is 13.6. The molecule has 1 aliphatic heterocycles. The van der Waals surface area contributed by atoms with Crippen LogP contribution in [0.25, 0.3) is 0 Å². The number of likely N-dealkylation sites (tertiary alicyclic amines) is 1. The first-order chi connectivity index (χ1) is 14.8. The van der Waals surface area contributed by atoms with Crippen molar-refractivity contribution in [2.24, 2.45) is 4.99 Å². The van der Waals surface area contributed by atoms with Crippen LogP contribution in [0.4, 0.5) is 0 Å². The van der Waals surface area contributed by atoms with E-state index in [4.69, 9.17) is 4.74 Å². The fraction of sp³-hybridized carbons (Fsp3) is 0.435. The van der Waals surface area contributed by atoms with E-state index in [9.17, 15) is 4.79 Å². The number of pyridine rings is 1. The van der Waals surface area contributed by atoms with E-state index in [0.29, 0.717) is 25.5 Å². The largest absolute Gasteiger partial charge is 0.473 e. The molecule has 3 rings (SSSR count). The van der Waals surface area contributed by atoms with Crippen molar-refractivity contribution in [2.75, 3.05) is 26.2 Å². The highest BCUT2D eigenvalue weighted by Crippen LogP contribution is 2.17. The molecule has 1 aliphatic rings. The predicted octanol–water partition coefficient (Wildman–Crippen LogP) is 3.35. The van der Waals surface area contributed by atoms with Gasteiger partial charge in [0.15, 0.2) is 5.96 Å². The van der Waals surface area contributed by atoms with Crippen LogP contribution in [0.1, 0.15) is 37.3 Å². The van der Waals surface area contributed by atoms with Crippen molar-refractivity contribution in [3.8, 4) is 5.88 Å². The van der Waals surface area contributed by atoms with Crippen molar-refractivity contribution in [1.29, 1.82) is 0 Å². The number of carbonyl (C=O) groups is 1. The van der Waals surface area contributed by atoms with Crippen LogP contribution < -0.4 is 15.4 Å². The number of guanidine groups is 1. The summed E-state index contributed by atoms with van der Waals surface area (Å²) in [7, 11) is 0. The number of benzene rings is 1. The third-order valence-electron chi connectivity index (χ3n) is 4.89. The topological polar surface area (TPSA) is 78.9 Å². The van der Waals surface area contributed by atoms with Crippen molar-refractivity contribution in [3.63, 3.8) is 0 Å². The van der Waals surface area contributed by atoms with Crippen LogP contribution in [0.15, 0.2) is 53.7 Å². The van der Waals surface area contributed by atoms with E-state index in [1.165, 1.54) is 0 Å². The Morgan fingerprint density at radius 1 is 1.19 bits per heavy atom. The maximum Gasteiger partial charge on any atom is 0.222 e. The van der Waals surface area contributed by atoms with Gasteiger partial charge in [0.1, 0.15) is 6.61 Å². The first-order valence-electron chi connectivity index (χ1n) is 10.7. The highest BCUT2D eigenvalue weighted by molar-refractivity contribution is 14.0. The summed E-state index contributed by atoms with van der Waals surface area (Å²) >= 11 is 0. The van der Waals surface area contributed by atoms with Gasteiger partial charge in [0.05, 0.1) is 6.54 Å². The summed E-state index contributed by atoms with van der Waals surface area (Å²) in [5.41, 5.74) is 2.04. The molecule has 0 atom stereocenters. The molecule has 1 saturated heterocycles. The molecule has 1 aromatic carbocycles. The maximum absolute atomic E-state index is 11.7. The first kappa shape index (κ1) is 24.9. The molecule has 7 nitrogen and oxygen atoms in total. The second-order valence-corrected chi connectivity index (χ2v) is 7.20. The van der Waals surface area contributed by atoms with E-state index < -0.39 is 0 Å². The molecule has 8 heteroatoms. The number of carbonyl (C=O) groups excluding carboxylic acids is 1. The molecule has 2 aromatic rings. The Morgan fingerprint density at radius 3 is 2.77 bits per heavy atom. The van der Waals surface area contributed by atoms with Gasteiger partial charge in [-0.05, 0) is 31.4 Å². The molecular formula is C23H32IN5O2. The number of halogens is 1. The van der Waals surface area contributed by atoms with E-state index in [2.05, 4.69) is 20.6 Å². The van der Waals surface area contributed by atoms with E-state index in [1.807, 2.05) is 54.3 Å². The van der Waals surface area contributed by atoms with Gasteiger partial charge < -0.3 is 20.3 Å². The molecule has 2 heterocycles. The lowest BCUT2D eigenvalue weighted by molar-refractivity contribution is -0.127. The minimum Gasteiger partial charge on any atom is -0.473 e. The van der Waals surface area contributed by atoms with Gasteiger partial charge in [-0.15, -0.1) is 24.0 Å². The minimum atomic E-state index is 0. The first-order valence-corrected chi connectivity index (χ1v) is 10.7. The molecule has 168 valence electrons. The standard InChI is InChI=1S/C23H31N5O2.HI/c1-2-24-23(26-14-8-16-28-15-7-12-21(28)29)27-17-20-11-6-13-25-22(20)30-18-19-9-4-3-5-10-19;/h3-6,9-11,13H,2,7-8,12,14-18H2,1H3,(H2,24,26,27);1H. The molecule has 1 fully saturated rings. The Balaban J connectivity index is 0.00000341. The average molecular weight is 537 g/mol. The second-order valence-electron chi connectivity index (χ2n) is 7.20. The summed E-state index contributed by atoms with van der Waals surface area (Å²) in [6.45, 7) is 6.21. The fourth-order valence-corrected chi connectivity index (χ4v) is 3.32. The van der Waals surface area contributed by atoms with E-state index in [1.54, 1.807) is 6.20 Å². The summed E-state index contributed by atoms with van der Waals surface area (Å²) in [6, 6.07) is 13.9. The molecule has 1 aromatic heterocycles. The van der Waals surface area contributed by atoms with Crippen LogP contribution in [-0.4, -0.2) is 47.9 Å². The quantitative estimate of drug-likeness (QED) is 0.211. The summed E-state index contributed by atoms with van der Waals surface area (Å²) < 4.78 is 5.92. The van der Waals surface area contributed by atoms with Gasteiger partial charge in [-0.1, -0.05) is 36.4 Å². The van der Waals surface area contributed by atoms with Crippen molar-refractivity contribution >= 4 is 35.8 Å². The molecule has 1 amide bonds. The number of hydrogen-bond donors (Lipinski definition) is 2. The summed E-state index contributed by atoms with van der Waals surface area (Å²) in [4.78, 5) is 22.7. The van der Waals surface area contributed by atoms with Gasteiger partial charge in [-0.25, -0.2) is 9.98 Å². The van der Waals surface area contributed by atoms with Crippen molar-refractivity contribution in [2.45, 2.75) is 39.3 Å². The van der Waals surface area contributed by atoms with Gasteiger partial charge in [0.2, 0.25) is 11.8 Å². The van der Waals surface area contributed by atoms with Crippen molar-refractivity contribution < 1.29 is 9.53 Å². The Hall–Kier alpha value is -2.36. The van der Waals surface area contributed by atoms with Crippen molar-refractivity contribution in [3.05, 3.63) is 59.8 Å². The smallest absolute Gasteiger partial charge is 0.222 e. The third kappa shape index (κ3) is 8.35. The second kappa shape index (κ2) is 13.8.